The van der Waals surface area contributed by atoms with Crippen molar-refractivity contribution < 1.29 is 9.13 Å². The molecule has 1 fully saturated rings. The molecular formula is C23H25FN6O. The number of methoxy groups -OCH3 is 1. The predicted molar refractivity (Wildman–Crippen MR) is 118 cm³/mol. The molecule has 0 saturated carbocycles. The summed E-state index contributed by atoms with van der Waals surface area (Å²) >= 11 is 0. The minimum absolute atomic E-state index is 0.321. The number of fused-ring (bicyclic) bond motifs is 2. The maximum absolute atomic E-state index is 12.4. The van der Waals surface area contributed by atoms with Crippen LogP contribution in [0.15, 0.2) is 48.7 Å². The predicted octanol–water partition coefficient (Wildman–Crippen LogP) is 3.09. The number of para-hydroxylation sites is 1. The van der Waals surface area contributed by atoms with Crippen LogP contribution in [-0.2, 0) is 6.54 Å². The molecule has 0 radical (unpaired) electrons. The molecule has 1 N–H and O–H groups in total. The van der Waals surface area contributed by atoms with Gasteiger partial charge in [0, 0.05) is 43.8 Å². The van der Waals surface area contributed by atoms with Crippen LogP contribution in [0.3, 0.4) is 0 Å². The highest BCUT2D eigenvalue weighted by atomic mass is 19.1. The number of rotatable bonds is 7. The van der Waals surface area contributed by atoms with Crippen LogP contribution >= 0.6 is 0 Å². The Morgan fingerprint density at radius 2 is 2.10 bits per heavy atom. The van der Waals surface area contributed by atoms with Crippen LogP contribution in [0.4, 0.5) is 4.39 Å². The van der Waals surface area contributed by atoms with Crippen LogP contribution in [-0.4, -0.2) is 63.9 Å². The molecule has 5 rings (SSSR count). The summed E-state index contributed by atoms with van der Waals surface area (Å²) in [5.41, 5.74) is 3.51. The molecule has 4 heterocycles. The van der Waals surface area contributed by atoms with Crippen molar-refractivity contribution in [1.29, 1.82) is 0 Å². The summed E-state index contributed by atoms with van der Waals surface area (Å²) in [6, 6.07) is 14.3. The normalized spacial score (nSPS) is 17.0. The zero-order valence-corrected chi connectivity index (χ0v) is 17.5. The van der Waals surface area contributed by atoms with Gasteiger partial charge >= 0.3 is 0 Å². The maximum Gasteiger partial charge on any atom is 0.187 e. The molecule has 0 spiro atoms. The van der Waals surface area contributed by atoms with E-state index in [1.165, 1.54) is 5.56 Å². The summed E-state index contributed by atoms with van der Waals surface area (Å²) in [5, 5.41) is 13.0. The summed E-state index contributed by atoms with van der Waals surface area (Å²) in [6.45, 7) is 2.87. The van der Waals surface area contributed by atoms with E-state index < -0.39 is 0 Å². The third-order valence-electron chi connectivity index (χ3n) is 5.80. The van der Waals surface area contributed by atoms with Crippen molar-refractivity contribution in [1.82, 2.24) is 29.8 Å². The van der Waals surface area contributed by atoms with Gasteiger partial charge in [-0.15, -0.1) is 10.2 Å². The van der Waals surface area contributed by atoms with Crippen molar-refractivity contribution in [3.63, 3.8) is 0 Å². The minimum atomic E-state index is -0.321. The van der Waals surface area contributed by atoms with E-state index >= 15 is 0 Å². The zero-order chi connectivity index (χ0) is 21.2. The number of pyridine rings is 2. The molecule has 4 aromatic rings. The minimum Gasteiger partial charge on any atom is -0.494 e. The molecular weight excluding hydrogens is 395 g/mol. The average molecular weight is 420 g/mol. The Hall–Kier alpha value is -3.10. The Balaban J connectivity index is 1.43. The molecule has 0 bridgehead atoms. The summed E-state index contributed by atoms with van der Waals surface area (Å²) in [6.07, 6.45) is 3.13. The highest BCUT2D eigenvalue weighted by molar-refractivity contribution is 5.86. The van der Waals surface area contributed by atoms with Crippen LogP contribution in [0.2, 0.25) is 0 Å². The lowest BCUT2D eigenvalue weighted by molar-refractivity contribution is 0.317. The quantitative estimate of drug-likeness (QED) is 0.496. The summed E-state index contributed by atoms with van der Waals surface area (Å²) in [5.74, 6) is 1.44. The van der Waals surface area contributed by atoms with Crippen molar-refractivity contribution in [2.45, 2.75) is 19.0 Å². The lowest BCUT2D eigenvalue weighted by Crippen LogP contribution is -2.33. The van der Waals surface area contributed by atoms with Gasteiger partial charge in [0.15, 0.2) is 11.5 Å². The first-order chi connectivity index (χ1) is 15.2. The van der Waals surface area contributed by atoms with E-state index in [1.807, 2.05) is 40.8 Å². The Morgan fingerprint density at radius 3 is 2.97 bits per heavy atom. The number of nitrogens with one attached hydrogen (secondary N) is 1. The highest BCUT2D eigenvalue weighted by Crippen LogP contribution is 2.27. The molecule has 1 atom stereocenters. The molecule has 1 aliphatic rings. The van der Waals surface area contributed by atoms with E-state index in [2.05, 4.69) is 32.7 Å². The van der Waals surface area contributed by atoms with Gasteiger partial charge in [0.1, 0.15) is 23.6 Å². The van der Waals surface area contributed by atoms with E-state index in [0.717, 1.165) is 54.0 Å². The Labute approximate surface area is 179 Å². The molecule has 1 aliphatic heterocycles. The number of ether oxygens (including phenoxy) is 1. The Bertz CT molecular complexity index is 1210. The number of halogens is 1. The van der Waals surface area contributed by atoms with Gasteiger partial charge in [-0.1, -0.05) is 24.3 Å². The van der Waals surface area contributed by atoms with Gasteiger partial charge in [0.05, 0.1) is 7.11 Å². The summed E-state index contributed by atoms with van der Waals surface area (Å²) in [4.78, 5) is 7.20. The molecule has 160 valence electrons. The van der Waals surface area contributed by atoms with Gasteiger partial charge in [-0.2, -0.15) is 0 Å². The second kappa shape index (κ2) is 8.56. The number of hydrogen-bond donors (Lipinski definition) is 1. The fourth-order valence-corrected chi connectivity index (χ4v) is 4.27. The van der Waals surface area contributed by atoms with Crippen LogP contribution in [0.25, 0.3) is 28.1 Å². The van der Waals surface area contributed by atoms with Crippen LogP contribution in [0.1, 0.15) is 12.0 Å². The first kappa shape index (κ1) is 19.8. The average Bonchev–Trinajstić information content (AvgIpc) is 3.43. The SMILES string of the molecule is COc1cccc2ccc(-c3nnc4ccc(CN5CCC(NCCF)C5)cn34)nc12. The number of alkyl halides is 1. The Kier molecular flexibility index (Phi) is 5.48. The zero-order valence-electron chi connectivity index (χ0n) is 17.5. The summed E-state index contributed by atoms with van der Waals surface area (Å²) in [7, 11) is 1.65. The van der Waals surface area contributed by atoms with Crippen molar-refractivity contribution in [2.24, 2.45) is 0 Å². The standard InChI is InChI=1S/C23H25FN6O/c1-31-20-4-2-3-17-6-7-19(26-22(17)20)23-28-27-21-8-5-16(14-30(21)23)13-29-12-9-18(15-29)25-11-10-24/h2-8,14,18,25H,9-13,15H2,1H3. The number of aromatic nitrogens is 4. The number of likely N-dealkylation sites (tertiary alicyclic amines) is 1. The Morgan fingerprint density at radius 1 is 1.16 bits per heavy atom. The van der Waals surface area contributed by atoms with E-state index in [4.69, 9.17) is 9.72 Å². The lowest BCUT2D eigenvalue weighted by Gasteiger charge is -2.16. The number of nitrogens with zero attached hydrogens (tertiary/aromatic N) is 5. The monoisotopic (exact) mass is 420 g/mol. The van der Waals surface area contributed by atoms with Crippen LogP contribution < -0.4 is 10.1 Å². The van der Waals surface area contributed by atoms with Gasteiger partial charge in [0.2, 0.25) is 0 Å². The second-order valence-electron chi connectivity index (χ2n) is 7.88. The van der Waals surface area contributed by atoms with Gasteiger partial charge in [-0.25, -0.2) is 9.37 Å². The maximum atomic E-state index is 12.4. The van der Waals surface area contributed by atoms with Crippen LogP contribution in [0, 0.1) is 0 Å². The largest absolute Gasteiger partial charge is 0.494 e. The smallest absolute Gasteiger partial charge is 0.187 e. The molecule has 0 amide bonds. The third kappa shape index (κ3) is 3.96. The summed E-state index contributed by atoms with van der Waals surface area (Å²) < 4.78 is 19.9. The number of hydrogen-bond acceptors (Lipinski definition) is 6. The highest BCUT2D eigenvalue weighted by Gasteiger charge is 2.22. The molecule has 1 saturated heterocycles. The van der Waals surface area contributed by atoms with Crippen molar-refractivity contribution >= 4 is 16.6 Å². The van der Waals surface area contributed by atoms with Gasteiger partial charge in [-0.3, -0.25) is 9.30 Å². The lowest BCUT2D eigenvalue weighted by atomic mass is 10.2. The first-order valence-corrected chi connectivity index (χ1v) is 10.5. The topological polar surface area (TPSA) is 67.6 Å². The van der Waals surface area contributed by atoms with Crippen molar-refractivity contribution in [3.05, 3.63) is 54.2 Å². The molecule has 0 aliphatic carbocycles. The van der Waals surface area contributed by atoms with E-state index in [1.54, 1.807) is 7.11 Å². The molecule has 7 nitrogen and oxygen atoms in total. The van der Waals surface area contributed by atoms with Gasteiger partial charge in [-0.05, 0) is 30.2 Å². The van der Waals surface area contributed by atoms with Crippen molar-refractivity contribution in [2.75, 3.05) is 33.4 Å². The van der Waals surface area contributed by atoms with Crippen LogP contribution in [0.5, 0.6) is 5.75 Å². The van der Waals surface area contributed by atoms with Gasteiger partial charge in [0.25, 0.3) is 0 Å². The molecule has 3 aromatic heterocycles. The molecule has 8 heteroatoms. The fourth-order valence-electron chi connectivity index (χ4n) is 4.27. The second-order valence-corrected chi connectivity index (χ2v) is 7.88. The molecule has 31 heavy (non-hydrogen) atoms. The van der Waals surface area contributed by atoms with Gasteiger partial charge < -0.3 is 10.1 Å². The van der Waals surface area contributed by atoms with E-state index in [-0.39, 0.29) is 6.67 Å². The first-order valence-electron chi connectivity index (χ1n) is 10.5. The fraction of sp³-hybridized carbons (Fsp3) is 0.348. The third-order valence-corrected chi connectivity index (χ3v) is 5.80. The molecule has 1 aromatic carbocycles. The number of benzene rings is 1. The van der Waals surface area contributed by atoms with Crippen molar-refractivity contribution in [3.8, 4) is 17.3 Å². The van der Waals surface area contributed by atoms with E-state index in [9.17, 15) is 4.39 Å². The van der Waals surface area contributed by atoms with E-state index in [0.29, 0.717) is 18.4 Å². The molecule has 1 unspecified atom stereocenters.